The number of fused-ring (bicyclic) bond motifs is 1. The second-order valence-corrected chi connectivity index (χ2v) is 3.30. The van der Waals surface area contributed by atoms with Crippen LogP contribution in [0, 0.1) is 5.82 Å². The molecule has 2 N–H and O–H groups in total. The fraction of sp³-hybridized carbons (Fsp3) is 0.300. The molecule has 1 heterocycles. The van der Waals surface area contributed by atoms with Crippen LogP contribution in [0.15, 0.2) is 18.2 Å². The Hall–Kier alpha value is -1.42. The molecule has 2 rings (SSSR count). The molecule has 0 bridgehead atoms. The van der Waals surface area contributed by atoms with Gasteiger partial charge in [0, 0.05) is 6.54 Å². The summed E-state index contributed by atoms with van der Waals surface area (Å²) in [6.45, 7) is 0.530. The minimum absolute atomic E-state index is 0.139. The molecule has 0 radical (unpaired) electrons. The van der Waals surface area contributed by atoms with E-state index in [1.54, 1.807) is 19.2 Å². The zero-order valence-electron chi connectivity index (χ0n) is 7.80. The molecule has 1 atom stereocenters. The standard InChI is InChI=1S/C10H11FN2O/c1-12-5-7-6-3-2-4-8(11)9(6)13-10(7)14/h2-4,7,12H,5H2,1H3,(H,13,14). The van der Waals surface area contributed by atoms with Gasteiger partial charge in [-0.1, -0.05) is 12.1 Å². The van der Waals surface area contributed by atoms with E-state index in [1.807, 2.05) is 0 Å². The Balaban J connectivity index is 2.42. The van der Waals surface area contributed by atoms with Crippen molar-refractivity contribution >= 4 is 11.6 Å². The Labute approximate surface area is 81.3 Å². The molecular formula is C10H11FN2O. The molecule has 0 aliphatic carbocycles. The molecule has 14 heavy (non-hydrogen) atoms. The van der Waals surface area contributed by atoms with Crippen LogP contribution in [0.2, 0.25) is 0 Å². The number of para-hydroxylation sites is 1. The predicted molar refractivity (Wildman–Crippen MR) is 51.7 cm³/mol. The number of hydrogen-bond donors (Lipinski definition) is 2. The Morgan fingerprint density at radius 3 is 3.07 bits per heavy atom. The van der Waals surface area contributed by atoms with Gasteiger partial charge < -0.3 is 10.6 Å². The fourth-order valence-electron chi connectivity index (χ4n) is 1.72. The van der Waals surface area contributed by atoms with E-state index >= 15 is 0 Å². The molecule has 1 aliphatic heterocycles. The summed E-state index contributed by atoms with van der Waals surface area (Å²) in [6, 6.07) is 4.75. The number of rotatable bonds is 2. The number of benzene rings is 1. The normalized spacial score (nSPS) is 19.3. The van der Waals surface area contributed by atoms with Crippen molar-refractivity contribution < 1.29 is 9.18 Å². The zero-order chi connectivity index (χ0) is 10.1. The smallest absolute Gasteiger partial charge is 0.233 e. The highest BCUT2D eigenvalue weighted by atomic mass is 19.1. The minimum Gasteiger partial charge on any atom is -0.323 e. The van der Waals surface area contributed by atoms with Crippen molar-refractivity contribution in [2.45, 2.75) is 5.92 Å². The van der Waals surface area contributed by atoms with Crippen LogP contribution in [0.25, 0.3) is 0 Å². The van der Waals surface area contributed by atoms with E-state index in [4.69, 9.17) is 0 Å². The SMILES string of the molecule is CNCC1C(=O)Nc2c(F)cccc21. The topological polar surface area (TPSA) is 41.1 Å². The summed E-state index contributed by atoms with van der Waals surface area (Å²) in [7, 11) is 1.77. The van der Waals surface area contributed by atoms with E-state index < -0.39 is 0 Å². The lowest BCUT2D eigenvalue weighted by Gasteiger charge is -2.06. The first-order chi connectivity index (χ1) is 6.74. The number of hydrogen-bond acceptors (Lipinski definition) is 2. The highest BCUT2D eigenvalue weighted by molar-refractivity contribution is 6.03. The Morgan fingerprint density at radius 2 is 2.36 bits per heavy atom. The maximum atomic E-state index is 13.2. The number of anilines is 1. The maximum absolute atomic E-state index is 13.2. The lowest BCUT2D eigenvalue weighted by molar-refractivity contribution is -0.116. The van der Waals surface area contributed by atoms with E-state index in [-0.39, 0.29) is 17.6 Å². The van der Waals surface area contributed by atoms with Gasteiger partial charge in [0.2, 0.25) is 5.91 Å². The van der Waals surface area contributed by atoms with Crippen molar-refractivity contribution in [1.82, 2.24) is 5.32 Å². The highest BCUT2D eigenvalue weighted by Crippen LogP contribution is 2.33. The van der Waals surface area contributed by atoms with E-state index in [9.17, 15) is 9.18 Å². The molecule has 1 aromatic carbocycles. The van der Waals surface area contributed by atoms with Gasteiger partial charge in [0.1, 0.15) is 5.82 Å². The van der Waals surface area contributed by atoms with Gasteiger partial charge in [-0.05, 0) is 18.7 Å². The summed E-state index contributed by atoms with van der Waals surface area (Å²) in [4.78, 5) is 11.5. The number of carbonyl (C=O) groups excluding carboxylic acids is 1. The molecular weight excluding hydrogens is 183 g/mol. The fourth-order valence-corrected chi connectivity index (χ4v) is 1.72. The van der Waals surface area contributed by atoms with E-state index in [0.717, 1.165) is 5.56 Å². The summed E-state index contributed by atoms with van der Waals surface area (Å²) in [5, 5.41) is 5.46. The quantitative estimate of drug-likeness (QED) is 0.739. The number of halogens is 1. The molecule has 0 saturated carbocycles. The Kier molecular flexibility index (Phi) is 2.21. The molecule has 0 spiro atoms. The van der Waals surface area contributed by atoms with Crippen molar-refractivity contribution in [2.75, 3.05) is 18.9 Å². The molecule has 0 saturated heterocycles. The third-order valence-electron chi connectivity index (χ3n) is 2.39. The van der Waals surface area contributed by atoms with Crippen LogP contribution in [-0.2, 0) is 4.79 Å². The molecule has 1 aromatic rings. The first-order valence-electron chi connectivity index (χ1n) is 4.48. The van der Waals surface area contributed by atoms with Crippen LogP contribution < -0.4 is 10.6 Å². The van der Waals surface area contributed by atoms with Gasteiger partial charge in [0.05, 0.1) is 11.6 Å². The zero-order valence-corrected chi connectivity index (χ0v) is 7.80. The van der Waals surface area contributed by atoms with Crippen molar-refractivity contribution in [3.05, 3.63) is 29.6 Å². The van der Waals surface area contributed by atoms with Crippen molar-refractivity contribution in [2.24, 2.45) is 0 Å². The average Bonchev–Trinajstić information content (AvgIpc) is 2.47. The summed E-state index contributed by atoms with van der Waals surface area (Å²) in [5.74, 6) is -0.778. The lowest BCUT2D eigenvalue weighted by Crippen LogP contribution is -2.23. The molecule has 1 unspecified atom stereocenters. The second kappa shape index (κ2) is 3.38. The second-order valence-electron chi connectivity index (χ2n) is 3.30. The molecule has 0 aromatic heterocycles. The van der Waals surface area contributed by atoms with Crippen molar-refractivity contribution in [3.8, 4) is 0 Å². The lowest BCUT2D eigenvalue weighted by atomic mass is 10.0. The highest BCUT2D eigenvalue weighted by Gasteiger charge is 2.31. The van der Waals surface area contributed by atoms with Crippen molar-refractivity contribution in [3.63, 3.8) is 0 Å². The van der Waals surface area contributed by atoms with Crippen LogP contribution >= 0.6 is 0 Å². The van der Waals surface area contributed by atoms with E-state index in [1.165, 1.54) is 6.07 Å². The summed E-state index contributed by atoms with van der Waals surface area (Å²) in [5.41, 5.74) is 1.07. The van der Waals surface area contributed by atoms with Gasteiger partial charge in [-0.25, -0.2) is 4.39 Å². The van der Waals surface area contributed by atoms with Crippen LogP contribution in [0.5, 0.6) is 0 Å². The van der Waals surface area contributed by atoms with Crippen LogP contribution in [0.3, 0.4) is 0 Å². The predicted octanol–water partition coefficient (Wildman–Crippen LogP) is 1.08. The minimum atomic E-state index is -0.366. The average molecular weight is 194 g/mol. The maximum Gasteiger partial charge on any atom is 0.233 e. The molecule has 4 heteroatoms. The van der Waals surface area contributed by atoms with Gasteiger partial charge >= 0.3 is 0 Å². The molecule has 0 fully saturated rings. The number of nitrogens with one attached hydrogen (secondary N) is 2. The van der Waals surface area contributed by atoms with Crippen LogP contribution in [0.4, 0.5) is 10.1 Å². The van der Waals surface area contributed by atoms with Crippen LogP contribution in [-0.4, -0.2) is 19.5 Å². The number of likely N-dealkylation sites (N-methyl/N-ethyl adjacent to an activating group) is 1. The molecule has 1 aliphatic rings. The Morgan fingerprint density at radius 1 is 1.57 bits per heavy atom. The van der Waals surface area contributed by atoms with Gasteiger partial charge in [-0.15, -0.1) is 0 Å². The van der Waals surface area contributed by atoms with E-state index in [2.05, 4.69) is 10.6 Å². The van der Waals surface area contributed by atoms with Crippen LogP contribution in [0.1, 0.15) is 11.5 Å². The van der Waals surface area contributed by atoms with E-state index in [0.29, 0.717) is 12.2 Å². The summed E-state index contributed by atoms with van der Waals surface area (Å²) < 4.78 is 13.2. The van der Waals surface area contributed by atoms with Gasteiger partial charge in [-0.2, -0.15) is 0 Å². The summed E-state index contributed by atoms with van der Waals surface area (Å²) >= 11 is 0. The molecule has 74 valence electrons. The molecule has 1 amide bonds. The third kappa shape index (κ3) is 1.28. The van der Waals surface area contributed by atoms with Gasteiger partial charge in [0.25, 0.3) is 0 Å². The Bertz CT molecular complexity index is 378. The summed E-state index contributed by atoms with van der Waals surface area (Å²) in [6.07, 6.45) is 0. The number of amides is 1. The molecule has 3 nitrogen and oxygen atoms in total. The third-order valence-corrected chi connectivity index (χ3v) is 2.39. The van der Waals surface area contributed by atoms with Gasteiger partial charge in [0.15, 0.2) is 0 Å². The first kappa shape index (κ1) is 9.15. The number of carbonyl (C=O) groups is 1. The largest absolute Gasteiger partial charge is 0.323 e. The van der Waals surface area contributed by atoms with Crippen molar-refractivity contribution in [1.29, 1.82) is 0 Å². The first-order valence-corrected chi connectivity index (χ1v) is 4.48. The monoisotopic (exact) mass is 194 g/mol. The van der Waals surface area contributed by atoms with Gasteiger partial charge in [-0.3, -0.25) is 4.79 Å².